The van der Waals surface area contributed by atoms with Crippen molar-refractivity contribution in [1.29, 1.82) is 0 Å². The van der Waals surface area contributed by atoms with Gasteiger partial charge in [-0.25, -0.2) is 0 Å². The molecule has 1 aliphatic carbocycles. The van der Waals surface area contributed by atoms with Crippen LogP contribution in [0.2, 0.25) is 0 Å². The summed E-state index contributed by atoms with van der Waals surface area (Å²) in [6.07, 6.45) is 9.15. The number of hydrogen-bond acceptors (Lipinski definition) is 3. The maximum Gasteiger partial charge on any atom is 0.174 e. The molecule has 1 aromatic carbocycles. The molecule has 0 bridgehead atoms. The van der Waals surface area contributed by atoms with Crippen molar-refractivity contribution in [2.45, 2.75) is 43.8 Å². The summed E-state index contributed by atoms with van der Waals surface area (Å²) in [5.74, 6) is 0.821. The van der Waals surface area contributed by atoms with E-state index in [1.54, 1.807) is 7.11 Å². The lowest BCUT2D eigenvalue weighted by Gasteiger charge is -2.30. The number of thiocarbonyl (C=S) groups is 1. The Morgan fingerprint density at radius 1 is 1.07 bits per heavy atom. The molecule has 2 aromatic heterocycles. The Bertz CT molecular complexity index is 1030. The van der Waals surface area contributed by atoms with Crippen LogP contribution < -0.4 is 15.0 Å². The Morgan fingerprint density at radius 2 is 1.93 bits per heavy atom. The maximum atomic E-state index is 5.85. The van der Waals surface area contributed by atoms with Crippen LogP contribution in [0.1, 0.15) is 55.2 Å². The first-order valence-corrected chi connectivity index (χ1v) is 11.0. The van der Waals surface area contributed by atoms with E-state index in [1.807, 2.05) is 36.5 Å². The number of aromatic nitrogens is 2. The number of hydrogen-bond donors (Lipinski definition) is 1. The molecule has 3 aromatic rings. The minimum atomic E-state index is -0.0278. The molecule has 154 valence electrons. The van der Waals surface area contributed by atoms with E-state index < -0.39 is 0 Å². The average Bonchev–Trinajstić information content (AvgIpc) is 3.53. The largest absolute Gasteiger partial charge is 0.497 e. The fraction of sp³-hybridized carbons (Fsp3) is 0.333. The number of pyridine rings is 1. The van der Waals surface area contributed by atoms with Crippen molar-refractivity contribution in [3.63, 3.8) is 0 Å². The number of benzene rings is 1. The summed E-state index contributed by atoms with van der Waals surface area (Å²) in [6, 6.07) is 19.1. The van der Waals surface area contributed by atoms with Gasteiger partial charge >= 0.3 is 0 Å². The van der Waals surface area contributed by atoms with Crippen LogP contribution in [0.25, 0.3) is 0 Å². The third kappa shape index (κ3) is 3.35. The molecule has 2 atom stereocenters. The predicted molar refractivity (Wildman–Crippen MR) is 123 cm³/mol. The van der Waals surface area contributed by atoms with E-state index in [-0.39, 0.29) is 12.1 Å². The van der Waals surface area contributed by atoms with E-state index in [2.05, 4.69) is 50.2 Å². The molecular weight excluding hydrogens is 392 g/mol. The van der Waals surface area contributed by atoms with Crippen molar-refractivity contribution in [3.05, 3.63) is 78.4 Å². The van der Waals surface area contributed by atoms with Gasteiger partial charge in [0.15, 0.2) is 5.11 Å². The van der Waals surface area contributed by atoms with Crippen LogP contribution in [0.5, 0.6) is 5.75 Å². The van der Waals surface area contributed by atoms with Crippen LogP contribution in [-0.2, 0) is 0 Å². The van der Waals surface area contributed by atoms with Crippen LogP contribution >= 0.6 is 12.2 Å². The topological polar surface area (TPSA) is 42.3 Å². The molecule has 1 N–H and O–H groups in total. The van der Waals surface area contributed by atoms with Crippen LogP contribution in [0.15, 0.2) is 67.0 Å². The third-order valence-corrected chi connectivity index (χ3v) is 6.58. The molecule has 2 fully saturated rings. The standard InChI is InChI=1S/C24H26N4OS/c1-29-19-11-6-10-18(16-19)28-23(21-13-7-15-27(21)17-8-2-3-9-17)22(26-24(28)30)20-12-4-5-14-25-20/h4-7,10-17,22-23H,2-3,8-9H2,1H3,(H,26,30)/t22-,23-/m1/s1. The highest BCUT2D eigenvalue weighted by Gasteiger charge is 2.42. The van der Waals surface area contributed by atoms with Gasteiger partial charge in [-0.05, 0) is 61.5 Å². The zero-order valence-corrected chi connectivity index (χ0v) is 17.9. The summed E-state index contributed by atoms with van der Waals surface area (Å²) >= 11 is 5.85. The number of rotatable bonds is 5. The SMILES string of the molecule is COc1cccc(N2C(=S)N[C@H](c3ccccn3)[C@H]2c2cccn2C2CCCC2)c1. The summed E-state index contributed by atoms with van der Waals surface area (Å²) in [5.41, 5.74) is 3.29. The van der Waals surface area contributed by atoms with Crippen LogP contribution in [-0.4, -0.2) is 21.8 Å². The molecule has 0 spiro atoms. The van der Waals surface area contributed by atoms with Crippen molar-refractivity contribution < 1.29 is 4.74 Å². The van der Waals surface area contributed by atoms with Gasteiger partial charge in [0.2, 0.25) is 0 Å². The van der Waals surface area contributed by atoms with Crippen molar-refractivity contribution in [1.82, 2.24) is 14.9 Å². The fourth-order valence-electron chi connectivity index (χ4n) is 4.87. The van der Waals surface area contributed by atoms with E-state index in [1.165, 1.54) is 31.4 Å². The lowest BCUT2D eigenvalue weighted by atomic mass is 10.00. The Kier molecular flexibility index (Phi) is 5.17. The molecule has 6 heteroatoms. The third-order valence-electron chi connectivity index (χ3n) is 6.26. The predicted octanol–water partition coefficient (Wildman–Crippen LogP) is 5.18. The van der Waals surface area contributed by atoms with Gasteiger partial charge in [-0.15, -0.1) is 0 Å². The lowest BCUT2D eigenvalue weighted by Crippen LogP contribution is -2.30. The normalized spacial score (nSPS) is 21.8. The van der Waals surface area contributed by atoms with Gasteiger partial charge in [-0.3, -0.25) is 4.98 Å². The van der Waals surface area contributed by atoms with Gasteiger partial charge in [-0.1, -0.05) is 25.0 Å². The molecular formula is C24H26N4OS. The molecule has 1 saturated heterocycles. The number of anilines is 1. The molecule has 0 amide bonds. The first-order valence-electron chi connectivity index (χ1n) is 10.6. The molecule has 0 radical (unpaired) electrons. The highest BCUT2D eigenvalue weighted by atomic mass is 32.1. The molecule has 5 rings (SSSR count). The zero-order valence-electron chi connectivity index (χ0n) is 17.1. The van der Waals surface area contributed by atoms with E-state index in [9.17, 15) is 0 Å². The second-order valence-electron chi connectivity index (χ2n) is 7.98. The molecule has 30 heavy (non-hydrogen) atoms. The average molecular weight is 419 g/mol. The second-order valence-corrected chi connectivity index (χ2v) is 8.36. The zero-order chi connectivity index (χ0) is 20.5. The Hall–Kier alpha value is -2.86. The maximum absolute atomic E-state index is 5.85. The van der Waals surface area contributed by atoms with Crippen molar-refractivity contribution in [2.24, 2.45) is 0 Å². The summed E-state index contributed by atoms with van der Waals surface area (Å²) in [4.78, 5) is 6.88. The van der Waals surface area contributed by atoms with E-state index >= 15 is 0 Å². The highest BCUT2D eigenvalue weighted by Crippen LogP contribution is 2.44. The van der Waals surface area contributed by atoms with Gasteiger partial charge in [0, 0.05) is 35.9 Å². The summed E-state index contributed by atoms with van der Waals surface area (Å²) in [6.45, 7) is 0. The molecule has 3 heterocycles. The van der Waals surface area contributed by atoms with Crippen molar-refractivity contribution in [2.75, 3.05) is 12.0 Å². The van der Waals surface area contributed by atoms with Gasteiger partial charge in [0.05, 0.1) is 18.8 Å². The minimum absolute atomic E-state index is 0.00936. The summed E-state index contributed by atoms with van der Waals surface area (Å²) in [5, 5.41) is 4.26. The molecule has 1 aliphatic heterocycles. The molecule has 1 saturated carbocycles. The monoisotopic (exact) mass is 418 g/mol. The summed E-state index contributed by atoms with van der Waals surface area (Å²) < 4.78 is 7.95. The fourth-order valence-corrected chi connectivity index (χ4v) is 5.21. The Morgan fingerprint density at radius 3 is 2.70 bits per heavy atom. The first kappa shape index (κ1) is 19.1. The van der Waals surface area contributed by atoms with Crippen LogP contribution in [0, 0.1) is 0 Å². The Balaban J connectivity index is 1.63. The Labute approximate surface area is 182 Å². The smallest absolute Gasteiger partial charge is 0.174 e. The second kappa shape index (κ2) is 8.11. The van der Waals surface area contributed by atoms with Gasteiger partial charge in [0.1, 0.15) is 11.8 Å². The molecule has 2 aliphatic rings. The van der Waals surface area contributed by atoms with Gasteiger partial charge in [0.25, 0.3) is 0 Å². The highest BCUT2D eigenvalue weighted by molar-refractivity contribution is 7.80. The van der Waals surface area contributed by atoms with E-state index in [0.29, 0.717) is 11.2 Å². The van der Waals surface area contributed by atoms with Crippen LogP contribution in [0.3, 0.4) is 0 Å². The van der Waals surface area contributed by atoms with Gasteiger partial charge < -0.3 is 19.5 Å². The van der Waals surface area contributed by atoms with E-state index in [4.69, 9.17) is 17.0 Å². The number of methoxy groups -OCH3 is 1. The number of nitrogens with one attached hydrogen (secondary N) is 1. The quantitative estimate of drug-likeness (QED) is 0.578. The van der Waals surface area contributed by atoms with E-state index in [0.717, 1.165) is 17.1 Å². The van der Waals surface area contributed by atoms with Crippen molar-refractivity contribution in [3.8, 4) is 5.75 Å². The van der Waals surface area contributed by atoms with Crippen molar-refractivity contribution >= 4 is 23.0 Å². The van der Waals surface area contributed by atoms with Gasteiger partial charge in [-0.2, -0.15) is 0 Å². The lowest BCUT2D eigenvalue weighted by molar-refractivity contribution is 0.414. The molecule has 0 unspecified atom stereocenters. The number of ether oxygens (including phenoxy) is 1. The minimum Gasteiger partial charge on any atom is -0.497 e. The summed E-state index contributed by atoms with van der Waals surface area (Å²) in [7, 11) is 1.69. The molecule has 5 nitrogen and oxygen atoms in total. The van der Waals surface area contributed by atoms with Crippen LogP contribution in [0.4, 0.5) is 5.69 Å². The number of nitrogens with zero attached hydrogens (tertiary/aromatic N) is 3. The first-order chi connectivity index (χ1) is 14.8.